The van der Waals surface area contributed by atoms with E-state index in [4.69, 9.17) is 0 Å². The molecule has 27 heavy (non-hydrogen) atoms. The molecule has 1 aromatic rings. The Kier molecular flexibility index (Phi) is 6.46. The molecule has 0 amide bonds. The van der Waals surface area contributed by atoms with Gasteiger partial charge in [0, 0.05) is 11.9 Å². The number of aliphatic hydroxyl groups is 1. The Bertz CT molecular complexity index is 867. The minimum absolute atomic E-state index is 0.119. The minimum atomic E-state index is -3.65. The van der Waals surface area contributed by atoms with Gasteiger partial charge in [0.05, 0.1) is 31.9 Å². The molecule has 1 aromatic carbocycles. The van der Waals surface area contributed by atoms with Crippen molar-refractivity contribution in [3.05, 3.63) is 30.3 Å². The summed E-state index contributed by atoms with van der Waals surface area (Å²) in [6.07, 6.45) is -0.632. The van der Waals surface area contributed by atoms with Crippen LogP contribution in [0.5, 0.6) is 0 Å². The first-order valence-corrected chi connectivity index (χ1v) is 12.3. The molecule has 1 aliphatic rings. The molecule has 0 heterocycles. The van der Waals surface area contributed by atoms with Crippen molar-refractivity contribution in [1.82, 2.24) is 4.72 Å². The van der Waals surface area contributed by atoms with Crippen LogP contribution in [0, 0.1) is 11.8 Å². The molecule has 8 heteroatoms. The fraction of sp³-hybridized carbons (Fsp3) is 0.684. The van der Waals surface area contributed by atoms with Crippen molar-refractivity contribution >= 4 is 19.8 Å². The van der Waals surface area contributed by atoms with Gasteiger partial charge >= 0.3 is 0 Å². The SMILES string of the molecule is CN=[S@@](=O)(c1ccccc1)[C@@H]1C[C@@H](C(C)C)[C@H](NS(=O)(=O)C(C)(C)C)[C@H]1O. The maximum Gasteiger partial charge on any atom is 0.216 e. The molecule has 0 radical (unpaired) electrons. The number of hydrogen-bond donors (Lipinski definition) is 2. The van der Waals surface area contributed by atoms with Gasteiger partial charge in [-0.2, -0.15) is 0 Å². The Labute approximate surface area is 164 Å². The van der Waals surface area contributed by atoms with Crippen LogP contribution >= 0.6 is 0 Å². The van der Waals surface area contributed by atoms with Crippen molar-refractivity contribution in [3.63, 3.8) is 0 Å². The standard InChI is InChI=1S/C19H32N2O4S2/c1-13(2)15-12-16(26(23,20-6)14-10-8-7-9-11-14)18(22)17(15)21-27(24,25)19(3,4)5/h7-11,13,15-18,21-22H,12H2,1-6H3/t15-,16+,17-,18-,26+/m0/s1. The number of nitrogens with one attached hydrogen (secondary N) is 1. The maximum absolute atomic E-state index is 13.7. The van der Waals surface area contributed by atoms with E-state index in [9.17, 15) is 17.7 Å². The van der Waals surface area contributed by atoms with Gasteiger partial charge in [0.25, 0.3) is 0 Å². The van der Waals surface area contributed by atoms with E-state index in [2.05, 4.69) is 9.08 Å². The minimum Gasteiger partial charge on any atom is -0.390 e. The summed E-state index contributed by atoms with van der Waals surface area (Å²) in [6, 6.07) is 8.23. The molecule has 0 spiro atoms. The van der Waals surface area contributed by atoms with Crippen molar-refractivity contribution in [2.45, 2.75) is 68.1 Å². The summed E-state index contributed by atoms with van der Waals surface area (Å²) in [6.45, 7) is 8.84. The molecule has 2 rings (SSSR count). The molecular weight excluding hydrogens is 384 g/mol. The molecule has 5 atom stereocenters. The lowest BCUT2D eigenvalue weighted by molar-refractivity contribution is 0.143. The van der Waals surface area contributed by atoms with E-state index in [0.717, 1.165) is 0 Å². The third-order valence-corrected chi connectivity index (χ3v) is 10.4. The first kappa shape index (κ1) is 22.3. The molecule has 6 nitrogen and oxygen atoms in total. The topological polar surface area (TPSA) is 95.8 Å². The quantitative estimate of drug-likeness (QED) is 0.771. The number of aliphatic hydroxyl groups excluding tert-OH is 1. The van der Waals surface area contributed by atoms with Crippen LogP contribution in [0.3, 0.4) is 0 Å². The Morgan fingerprint density at radius 3 is 2.15 bits per heavy atom. The summed E-state index contributed by atoms with van der Waals surface area (Å²) in [5.41, 5.74) is 0. The molecule has 1 fully saturated rings. The van der Waals surface area contributed by atoms with E-state index in [1.54, 1.807) is 45.0 Å². The van der Waals surface area contributed by atoms with Gasteiger partial charge in [-0.25, -0.2) is 21.7 Å². The lowest BCUT2D eigenvalue weighted by Gasteiger charge is -2.30. The van der Waals surface area contributed by atoms with E-state index in [0.29, 0.717) is 11.3 Å². The number of rotatable bonds is 5. The maximum atomic E-state index is 13.7. The molecule has 1 saturated carbocycles. The van der Waals surface area contributed by atoms with Crippen LogP contribution in [0.15, 0.2) is 39.6 Å². The number of hydrogen-bond acceptors (Lipinski definition) is 5. The van der Waals surface area contributed by atoms with Crippen molar-refractivity contribution in [3.8, 4) is 0 Å². The third kappa shape index (κ3) is 4.23. The van der Waals surface area contributed by atoms with Crippen LogP contribution in [0.2, 0.25) is 0 Å². The lowest BCUT2D eigenvalue weighted by Crippen LogP contribution is -2.52. The van der Waals surface area contributed by atoms with E-state index in [1.807, 2.05) is 19.9 Å². The van der Waals surface area contributed by atoms with Crippen LogP contribution in [0.4, 0.5) is 0 Å². The van der Waals surface area contributed by atoms with Gasteiger partial charge in [-0.3, -0.25) is 0 Å². The van der Waals surface area contributed by atoms with Gasteiger partial charge in [-0.05, 0) is 51.2 Å². The zero-order valence-corrected chi connectivity index (χ0v) is 18.5. The summed E-state index contributed by atoms with van der Waals surface area (Å²) in [4.78, 5) is 0.568. The van der Waals surface area contributed by atoms with Crippen LogP contribution < -0.4 is 4.72 Å². The van der Waals surface area contributed by atoms with E-state index in [1.165, 1.54) is 7.05 Å². The van der Waals surface area contributed by atoms with Gasteiger partial charge in [0.2, 0.25) is 10.0 Å². The highest BCUT2D eigenvalue weighted by Gasteiger charge is 2.50. The monoisotopic (exact) mass is 416 g/mol. The van der Waals surface area contributed by atoms with Crippen LogP contribution in [-0.2, 0) is 19.8 Å². The van der Waals surface area contributed by atoms with E-state index < -0.39 is 41.9 Å². The molecule has 0 aromatic heterocycles. The second-order valence-electron chi connectivity index (χ2n) is 8.50. The predicted octanol–water partition coefficient (Wildman–Crippen LogP) is 2.64. The molecular formula is C19H32N2O4S2. The molecule has 2 N–H and O–H groups in total. The summed E-state index contributed by atoms with van der Waals surface area (Å²) >= 11 is 0. The van der Waals surface area contributed by atoms with Crippen LogP contribution in [0.1, 0.15) is 41.0 Å². The zero-order valence-electron chi connectivity index (χ0n) is 16.9. The highest BCUT2D eigenvalue weighted by Crippen LogP contribution is 2.39. The summed E-state index contributed by atoms with van der Waals surface area (Å²) in [7, 11) is -5.04. The molecule has 0 saturated heterocycles. The van der Waals surface area contributed by atoms with Gasteiger partial charge in [0.15, 0.2) is 0 Å². The fourth-order valence-electron chi connectivity index (χ4n) is 3.59. The summed E-state index contributed by atoms with van der Waals surface area (Å²) in [5, 5.41) is 10.4. The second-order valence-corrected chi connectivity index (χ2v) is 13.5. The highest BCUT2D eigenvalue weighted by atomic mass is 32.2. The summed E-state index contributed by atoms with van der Waals surface area (Å²) < 4.78 is 45.0. The van der Waals surface area contributed by atoms with Crippen molar-refractivity contribution in [2.75, 3.05) is 7.05 Å². The third-order valence-electron chi connectivity index (χ3n) is 5.43. The van der Waals surface area contributed by atoms with Gasteiger partial charge in [0.1, 0.15) is 0 Å². The smallest absolute Gasteiger partial charge is 0.216 e. The largest absolute Gasteiger partial charge is 0.390 e. The van der Waals surface area contributed by atoms with Crippen molar-refractivity contribution < 1.29 is 17.7 Å². The lowest BCUT2D eigenvalue weighted by atomic mass is 9.91. The van der Waals surface area contributed by atoms with Crippen LogP contribution in [0.25, 0.3) is 0 Å². The highest BCUT2D eigenvalue weighted by molar-refractivity contribution is 7.94. The Hall–Kier alpha value is -0.960. The van der Waals surface area contributed by atoms with Crippen molar-refractivity contribution in [2.24, 2.45) is 16.2 Å². The fourth-order valence-corrected chi connectivity index (χ4v) is 7.02. The normalized spacial score (nSPS) is 28.9. The molecule has 0 unspecified atom stereocenters. The molecule has 1 aliphatic carbocycles. The first-order chi connectivity index (χ1) is 12.3. The number of benzene rings is 1. The predicted molar refractivity (Wildman–Crippen MR) is 110 cm³/mol. The Morgan fingerprint density at radius 2 is 1.70 bits per heavy atom. The molecule has 0 aliphatic heterocycles. The average Bonchev–Trinajstić information content (AvgIpc) is 2.91. The number of sulfonamides is 1. The zero-order chi connectivity index (χ0) is 20.6. The van der Waals surface area contributed by atoms with Gasteiger partial charge in [-0.15, -0.1) is 0 Å². The number of nitrogens with zero attached hydrogens (tertiary/aromatic N) is 1. The van der Waals surface area contributed by atoms with E-state index >= 15 is 0 Å². The van der Waals surface area contributed by atoms with Crippen LogP contribution in [-0.4, -0.2) is 46.9 Å². The Balaban J connectivity index is 2.47. The van der Waals surface area contributed by atoms with Gasteiger partial charge in [-0.1, -0.05) is 32.0 Å². The molecule has 154 valence electrons. The Morgan fingerprint density at radius 1 is 1.15 bits per heavy atom. The van der Waals surface area contributed by atoms with E-state index in [-0.39, 0.29) is 11.8 Å². The van der Waals surface area contributed by atoms with Gasteiger partial charge < -0.3 is 5.11 Å². The second kappa shape index (κ2) is 7.81. The average molecular weight is 417 g/mol. The van der Waals surface area contributed by atoms with Crippen molar-refractivity contribution in [1.29, 1.82) is 0 Å². The molecule has 0 bridgehead atoms. The first-order valence-electron chi connectivity index (χ1n) is 9.24. The summed E-state index contributed by atoms with van der Waals surface area (Å²) in [5.74, 6) is -0.0120.